The van der Waals surface area contributed by atoms with E-state index in [0.717, 1.165) is 6.42 Å². The summed E-state index contributed by atoms with van der Waals surface area (Å²) in [5, 5.41) is 0. The number of ether oxygens (including phenoxy) is 1. The number of carbonyl (C=O) groups is 1. The maximum atomic E-state index is 11.2. The van der Waals surface area contributed by atoms with Crippen molar-refractivity contribution in [3.63, 3.8) is 0 Å². The summed E-state index contributed by atoms with van der Waals surface area (Å²) in [4.78, 5) is 11.2. The fourth-order valence-corrected chi connectivity index (χ4v) is 1.79. The number of hydrogen-bond acceptors (Lipinski definition) is 2. The van der Waals surface area contributed by atoms with E-state index in [-0.39, 0.29) is 11.9 Å². The van der Waals surface area contributed by atoms with Crippen molar-refractivity contribution in [2.45, 2.75) is 19.3 Å². The van der Waals surface area contributed by atoms with Crippen LogP contribution in [0.3, 0.4) is 0 Å². The Morgan fingerprint density at radius 1 is 1.36 bits per heavy atom. The van der Waals surface area contributed by atoms with Crippen LogP contribution in [0.25, 0.3) is 0 Å². The minimum atomic E-state index is -0.0735. The molecule has 74 valence electrons. The lowest BCUT2D eigenvalue weighted by Crippen LogP contribution is -2.03. The maximum Gasteiger partial charge on any atom is 0.309 e. The van der Waals surface area contributed by atoms with Crippen LogP contribution in [0.4, 0.5) is 0 Å². The average Bonchev–Trinajstić information content (AvgIpc) is 2.98. The van der Waals surface area contributed by atoms with Gasteiger partial charge in [0.15, 0.2) is 0 Å². The summed E-state index contributed by atoms with van der Waals surface area (Å²) in [5.41, 5.74) is 2.51. The second kappa shape index (κ2) is 3.45. The number of methoxy groups -OCH3 is 1. The molecule has 0 bridgehead atoms. The molecule has 0 radical (unpaired) electrons. The third-order valence-corrected chi connectivity index (χ3v) is 2.80. The van der Waals surface area contributed by atoms with Crippen LogP contribution in [0.1, 0.15) is 23.5 Å². The van der Waals surface area contributed by atoms with Crippen molar-refractivity contribution in [3.8, 4) is 0 Å². The highest BCUT2D eigenvalue weighted by Gasteiger charge is 2.44. The lowest BCUT2D eigenvalue weighted by atomic mass is 10.1. The molecule has 0 heterocycles. The molecule has 0 amide bonds. The molecule has 0 N–H and O–H groups in total. The second-order valence-corrected chi connectivity index (χ2v) is 3.88. The number of esters is 1. The summed E-state index contributed by atoms with van der Waals surface area (Å²) in [6.07, 6.45) is 0.940. The Kier molecular flexibility index (Phi) is 2.28. The van der Waals surface area contributed by atoms with E-state index in [4.69, 9.17) is 4.74 Å². The highest BCUT2D eigenvalue weighted by atomic mass is 16.5. The monoisotopic (exact) mass is 190 g/mol. The Balaban J connectivity index is 2.06. The van der Waals surface area contributed by atoms with E-state index < -0.39 is 0 Å². The number of carbonyl (C=O) groups excluding carboxylic acids is 1. The van der Waals surface area contributed by atoms with E-state index in [9.17, 15) is 4.79 Å². The lowest BCUT2D eigenvalue weighted by Gasteiger charge is -2.00. The van der Waals surface area contributed by atoms with Crippen LogP contribution in [-0.2, 0) is 9.53 Å². The minimum Gasteiger partial charge on any atom is -0.469 e. The fraction of sp³-hybridized carbons (Fsp3) is 0.417. The van der Waals surface area contributed by atoms with Gasteiger partial charge in [0, 0.05) is 0 Å². The second-order valence-electron chi connectivity index (χ2n) is 3.88. The van der Waals surface area contributed by atoms with Gasteiger partial charge in [-0.1, -0.05) is 29.8 Å². The molecular formula is C12H14O2. The number of rotatable bonds is 2. The van der Waals surface area contributed by atoms with Gasteiger partial charge in [-0.25, -0.2) is 0 Å². The molecule has 1 aliphatic rings. The summed E-state index contributed by atoms with van der Waals surface area (Å²) in [6, 6.07) is 8.37. The van der Waals surface area contributed by atoms with Gasteiger partial charge in [0.2, 0.25) is 0 Å². The molecule has 2 rings (SSSR count). The molecule has 2 heteroatoms. The zero-order valence-corrected chi connectivity index (χ0v) is 8.49. The molecular weight excluding hydrogens is 176 g/mol. The average molecular weight is 190 g/mol. The van der Waals surface area contributed by atoms with E-state index in [1.807, 2.05) is 0 Å². The highest BCUT2D eigenvalue weighted by molar-refractivity contribution is 5.77. The summed E-state index contributed by atoms with van der Waals surface area (Å²) in [5.74, 6) is 0.418. The molecule has 2 atom stereocenters. The van der Waals surface area contributed by atoms with E-state index in [0.29, 0.717) is 5.92 Å². The Morgan fingerprint density at radius 2 is 2.00 bits per heavy atom. The zero-order valence-electron chi connectivity index (χ0n) is 8.49. The Labute approximate surface area is 83.9 Å². The van der Waals surface area contributed by atoms with Crippen LogP contribution in [0.2, 0.25) is 0 Å². The molecule has 1 aliphatic carbocycles. The standard InChI is InChI=1S/C12H14O2/c1-8-3-5-9(6-4-8)10-7-11(10)12(13)14-2/h3-6,10-11H,7H2,1-2H3/t10-,11+/m1/s1. The molecule has 1 aromatic carbocycles. The third-order valence-electron chi connectivity index (χ3n) is 2.80. The van der Waals surface area contributed by atoms with Gasteiger partial charge in [0.25, 0.3) is 0 Å². The summed E-state index contributed by atoms with van der Waals surface area (Å²) < 4.78 is 4.71. The van der Waals surface area contributed by atoms with Gasteiger partial charge in [-0.2, -0.15) is 0 Å². The Hall–Kier alpha value is -1.31. The molecule has 14 heavy (non-hydrogen) atoms. The van der Waals surface area contributed by atoms with Gasteiger partial charge in [-0.3, -0.25) is 4.79 Å². The van der Waals surface area contributed by atoms with Gasteiger partial charge in [0.1, 0.15) is 0 Å². The molecule has 1 fully saturated rings. The van der Waals surface area contributed by atoms with Crippen LogP contribution in [0.15, 0.2) is 24.3 Å². The summed E-state index contributed by atoms with van der Waals surface area (Å²) in [7, 11) is 1.45. The SMILES string of the molecule is COC(=O)[C@H]1C[C@@H]1c1ccc(C)cc1. The van der Waals surface area contributed by atoms with E-state index in [1.165, 1.54) is 18.2 Å². The molecule has 0 aliphatic heterocycles. The highest BCUT2D eigenvalue weighted by Crippen LogP contribution is 2.47. The molecule has 0 unspecified atom stereocenters. The first kappa shape index (κ1) is 9.25. The van der Waals surface area contributed by atoms with E-state index in [2.05, 4.69) is 31.2 Å². The smallest absolute Gasteiger partial charge is 0.309 e. The molecule has 1 aromatic rings. The molecule has 0 saturated heterocycles. The van der Waals surface area contributed by atoms with Crippen molar-refractivity contribution in [2.24, 2.45) is 5.92 Å². The van der Waals surface area contributed by atoms with Crippen LogP contribution < -0.4 is 0 Å². The van der Waals surface area contributed by atoms with Crippen molar-refractivity contribution in [2.75, 3.05) is 7.11 Å². The van der Waals surface area contributed by atoms with Crippen molar-refractivity contribution in [1.29, 1.82) is 0 Å². The van der Waals surface area contributed by atoms with Crippen LogP contribution in [-0.4, -0.2) is 13.1 Å². The number of benzene rings is 1. The minimum absolute atomic E-state index is 0.0735. The first-order chi connectivity index (χ1) is 6.72. The fourth-order valence-electron chi connectivity index (χ4n) is 1.79. The maximum absolute atomic E-state index is 11.2. The first-order valence-electron chi connectivity index (χ1n) is 4.87. The van der Waals surface area contributed by atoms with Crippen molar-refractivity contribution in [1.82, 2.24) is 0 Å². The Bertz CT molecular complexity index is 340. The van der Waals surface area contributed by atoms with E-state index >= 15 is 0 Å². The third kappa shape index (κ3) is 1.65. The quantitative estimate of drug-likeness (QED) is 0.669. The predicted molar refractivity (Wildman–Crippen MR) is 54.0 cm³/mol. The molecule has 0 spiro atoms. The van der Waals surface area contributed by atoms with Gasteiger partial charge in [-0.15, -0.1) is 0 Å². The molecule has 2 nitrogen and oxygen atoms in total. The summed E-state index contributed by atoms with van der Waals surface area (Å²) in [6.45, 7) is 2.06. The largest absolute Gasteiger partial charge is 0.469 e. The first-order valence-corrected chi connectivity index (χ1v) is 4.87. The predicted octanol–water partition coefficient (Wildman–Crippen LogP) is 2.27. The van der Waals surface area contributed by atoms with Crippen molar-refractivity contribution < 1.29 is 9.53 Å². The van der Waals surface area contributed by atoms with Crippen molar-refractivity contribution in [3.05, 3.63) is 35.4 Å². The number of hydrogen-bond donors (Lipinski definition) is 0. The van der Waals surface area contributed by atoms with Crippen molar-refractivity contribution >= 4 is 5.97 Å². The topological polar surface area (TPSA) is 26.3 Å². The Morgan fingerprint density at radius 3 is 2.57 bits per heavy atom. The van der Waals surface area contributed by atoms with Gasteiger partial charge in [0.05, 0.1) is 13.0 Å². The molecule has 0 aromatic heterocycles. The van der Waals surface area contributed by atoms with Crippen LogP contribution in [0.5, 0.6) is 0 Å². The van der Waals surface area contributed by atoms with Crippen LogP contribution in [0, 0.1) is 12.8 Å². The zero-order chi connectivity index (χ0) is 10.1. The number of aryl methyl sites for hydroxylation is 1. The van der Waals surface area contributed by atoms with Gasteiger partial charge >= 0.3 is 5.97 Å². The van der Waals surface area contributed by atoms with Gasteiger partial charge in [-0.05, 0) is 24.8 Å². The summed E-state index contributed by atoms with van der Waals surface area (Å²) >= 11 is 0. The molecule has 1 saturated carbocycles. The lowest BCUT2D eigenvalue weighted by molar-refractivity contribution is -0.142. The van der Waals surface area contributed by atoms with Gasteiger partial charge < -0.3 is 4.74 Å². The van der Waals surface area contributed by atoms with E-state index in [1.54, 1.807) is 0 Å². The normalized spacial score (nSPS) is 24.4. The van der Waals surface area contributed by atoms with Crippen LogP contribution >= 0.6 is 0 Å².